The van der Waals surface area contributed by atoms with Gasteiger partial charge in [-0.05, 0) is 25.5 Å². The Kier molecular flexibility index (Phi) is 6.69. The molecule has 0 aliphatic carbocycles. The zero-order valence-electron chi connectivity index (χ0n) is 11.2. The van der Waals surface area contributed by atoms with Crippen molar-refractivity contribution in [3.63, 3.8) is 0 Å². The molecule has 1 amide bonds. The summed E-state index contributed by atoms with van der Waals surface area (Å²) in [6, 6.07) is 7.68. The molecule has 1 aromatic carbocycles. The highest BCUT2D eigenvalue weighted by molar-refractivity contribution is 5.80. The standard InChI is InChI=1S/C14H22N2O2/c1-3-5-9-18-13-8-6-7-12(10-13)16-11-14(17)15-4-2/h6-8,10,16H,3-5,9,11H2,1-2H3,(H,15,17). The molecule has 4 heteroatoms. The Morgan fingerprint density at radius 2 is 2.17 bits per heavy atom. The number of benzene rings is 1. The minimum Gasteiger partial charge on any atom is -0.494 e. The van der Waals surface area contributed by atoms with Gasteiger partial charge in [0.05, 0.1) is 13.2 Å². The summed E-state index contributed by atoms with van der Waals surface area (Å²) in [5.74, 6) is 0.833. The van der Waals surface area contributed by atoms with Gasteiger partial charge in [-0.3, -0.25) is 4.79 Å². The van der Waals surface area contributed by atoms with Crippen LogP contribution < -0.4 is 15.4 Å². The molecule has 0 radical (unpaired) electrons. The topological polar surface area (TPSA) is 50.4 Å². The Hall–Kier alpha value is -1.71. The third kappa shape index (κ3) is 5.57. The summed E-state index contributed by atoms with van der Waals surface area (Å²) in [5.41, 5.74) is 0.898. The highest BCUT2D eigenvalue weighted by Crippen LogP contribution is 2.17. The first-order valence-electron chi connectivity index (χ1n) is 6.49. The molecule has 0 saturated carbocycles. The van der Waals surface area contributed by atoms with E-state index in [9.17, 15) is 4.79 Å². The smallest absolute Gasteiger partial charge is 0.239 e. The molecule has 0 heterocycles. The van der Waals surface area contributed by atoms with Crippen LogP contribution in [-0.2, 0) is 4.79 Å². The van der Waals surface area contributed by atoms with Gasteiger partial charge in [0, 0.05) is 18.3 Å². The molecule has 1 aromatic rings. The summed E-state index contributed by atoms with van der Waals surface area (Å²) in [5, 5.41) is 5.81. The normalized spacial score (nSPS) is 9.89. The highest BCUT2D eigenvalue weighted by Gasteiger charge is 2.00. The van der Waals surface area contributed by atoms with Gasteiger partial charge in [0.15, 0.2) is 0 Å². The van der Waals surface area contributed by atoms with Gasteiger partial charge >= 0.3 is 0 Å². The molecule has 4 nitrogen and oxygen atoms in total. The van der Waals surface area contributed by atoms with Crippen LogP contribution in [0.1, 0.15) is 26.7 Å². The maximum atomic E-state index is 11.3. The fraction of sp³-hybridized carbons (Fsp3) is 0.500. The van der Waals surface area contributed by atoms with E-state index in [0.717, 1.165) is 30.9 Å². The number of unbranched alkanes of at least 4 members (excludes halogenated alkanes) is 1. The third-order valence-electron chi connectivity index (χ3n) is 2.43. The largest absolute Gasteiger partial charge is 0.494 e. The van der Waals surface area contributed by atoms with Crippen molar-refractivity contribution in [2.45, 2.75) is 26.7 Å². The van der Waals surface area contributed by atoms with Crippen molar-refractivity contribution in [3.05, 3.63) is 24.3 Å². The number of carbonyl (C=O) groups is 1. The molecule has 0 aliphatic heterocycles. The van der Waals surface area contributed by atoms with Crippen LogP contribution in [0.15, 0.2) is 24.3 Å². The lowest BCUT2D eigenvalue weighted by Crippen LogP contribution is -2.29. The van der Waals surface area contributed by atoms with E-state index in [1.54, 1.807) is 0 Å². The van der Waals surface area contributed by atoms with Gasteiger partial charge in [-0.1, -0.05) is 19.4 Å². The maximum Gasteiger partial charge on any atom is 0.239 e. The first-order valence-corrected chi connectivity index (χ1v) is 6.49. The van der Waals surface area contributed by atoms with Crippen LogP contribution in [0.2, 0.25) is 0 Å². The van der Waals surface area contributed by atoms with Crippen LogP contribution in [0.3, 0.4) is 0 Å². The SMILES string of the molecule is CCCCOc1cccc(NCC(=O)NCC)c1. The number of likely N-dealkylation sites (N-methyl/N-ethyl adjacent to an activating group) is 1. The van der Waals surface area contributed by atoms with Gasteiger partial charge in [0.2, 0.25) is 5.91 Å². The summed E-state index contributed by atoms with van der Waals surface area (Å²) < 4.78 is 5.60. The Bertz CT molecular complexity index is 367. The zero-order chi connectivity index (χ0) is 13.2. The van der Waals surface area contributed by atoms with Crippen molar-refractivity contribution in [2.24, 2.45) is 0 Å². The zero-order valence-corrected chi connectivity index (χ0v) is 11.2. The summed E-state index contributed by atoms with van der Waals surface area (Å²) in [6.07, 6.45) is 2.17. The molecule has 0 aromatic heterocycles. The van der Waals surface area contributed by atoms with Crippen molar-refractivity contribution in [2.75, 3.05) is 25.0 Å². The number of nitrogens with one attached hydrogen (secondary N) is 2. The van der Waals surface area contributed by atoms with E-state index in [4.69, 9.17) is 4.74 Å². The number of hydrogen-bond donors (Lipinski definition) is 2. The van der Waals surface area contributed by atoms with Gasteiger partial charge in [0.1, 0.15) is 5.75 Å². The fourth-order valence-electron chi connectivity index (χ4n) is 1.47. The third-order valence-corrected chi connectivity index (χ3v) is 2.43. The molecule has 18 heavy (non-hydrogen) atoms. The van der Waals surface area contributed by atoms with Crippen molar-refractivity contribution in [1.29, 1.82) is 0 Å². The molecule has 0 bridgehead atoms. The fourth-order valence-corrected chi connectivity index (χ4v) is 1.47. The Balaban J connectivity index is 2.41. The van der Waals surface area contributed by atoms with Crippen LogP contribution >= 0.6 is 0 Å². The molecular formula is C14H22N2O2. The second-order valence-electron chi connectivity index (χ2n) is 4.04. The van der Waals surface area contributed by atoms with E-state index >= 15 is 0 Å². The Morgan fingerprint density at radius 1 is 1.33 bits per heavy atom. The summed E-state index contributed by atoms with van der Waals surface area (Å²) in [4.78, 5) is 11.3. The average molecular weight is 250 g/mol. The molecule has 0 spiro atoms. The lowest BCUT2D eigenvalue weighted by atomic mass is 10.3. The molecule has 0 aliphatic rings. The lowest BCUT2D eigenvalue weighted by molar-refractivity contribution is -0.119. The molecule has 0 saturated heterocycles. The van der Waals surface area contributed by atoms with E-state index in [2.05, 4.69) is 17.6 Å². The molecule has 0 atom stereocenters. The quantitative estimate of drug-likeness (QED) is 0.697. The monoisotopic (exact) mass is 250 g/mol. The second-order valence-corrected chi connectivity index (χ2v) is 4.04. The van der Waals surface area contributed by atoms with Crippen LogP contribution in [0.5, 0.6) is 5.75 Å². The number of rotatable bonds is 8. The maximum absolute atomic E-state index is 11.3. The van der Waals surface area contributed by atoms with Crippen molar-refractivity contribution in [1.82, 2.24) is 5.32 Å². The number of amides is 1. The second kappa shape index (κ2) is 8.39. The molecular weight excluding hydrogens is 228 g/mol. The summed E-state index contributed by atoms with van der Waals surface area (Å²) in [6.45, 7) is 5.71. The number of carbonyl (C=O) groups excluding carboxylic acids is 1. The minimum absolute atomic E-state index is 0.00481. The van der Waals surface area contributed by atoms with Gasteiger partial charge in [-0.25, -0.2) is 0 Å². The van der Waals surface area contributed by atoms with Crippen LogP contribution in [0.25, 0.3) is 0 Å². The highest BCUT2D eigenvalue weighted by atomic mass is 16.5. The predicted octanol–water partition coefficient (Wildman–Crippen LogP) is 2.41. The van der Waals surface area contributed by atoms with Crippen molar-refractivity contribution < 1.29 is 9.53 Å². The molecule has 0 unspecified atom stereocenters. The van der Waals surface area contributed by atoms with E-state index in [1.165, 1.54) is 0 Å². The van der Waals surface area contributed by atoms with Gasteiger partial charge < -0.3 is 15.4 Å². The van der Waals surface area contributed by atoms with Crippen molar-refractivity contribution >= 4 is 11.6 Å². The van der Waals surface area contributed by atoms with Gasteiger partial charge in [-0.2, -0.15) is 0 Å². The van der Waals surface area contributed by atoms with Gasteiger partial charge in [-0.15, -0.1) is 0 Å². The first-order chi connectivity index (χ1) is 8.76. The molecule has 1 rings (SSSR count). The van der Waals surface area contributed by atoms with E-state index in [1.807, 2.05) is 31.2 Å². The molecule has 100 valence electrons. The number of anilines is 1. The summed E-state index contributed by atoms with van der Waals surface area (Å²) >= 11 is 0. The number of ether oxygens (including phenoxy) is 1. The van der Waals surface area contributed by atoms with Crippen LogP contribution in [0, 0.1) is 0 Å². The first kappa shape index (κ1) is 14.4. The van der Waals surface area contributed by atoms with Gasteiger partial charge in [0.25, 0.3) is 0 Å². The summed E-state index contributed by atoms with van der Waals surface area (Å²) in [7, 11) is 0. The van der Waals surface area contributed by atoms with E-state index in [-0.39, 0.29) is 12.5 Å². The van der Waals surface area contributed by atoms with Crippen LogP contribution in [0.4, 0.5) is 5.69 Å². The predicted molar refractivity (Wildman–Crippen MR) is 74.0 cm³/mol. The minimum atomic E-state index is -0.00481. The number of hydrogen-bond acceptors (Lipinski definition) is 3. The Labute approximate surface area is 109 Å². The van der Waals surface area contributed by atoms with E-state index in [0.29, 0.717) is 6.54 Å². The van der Waals surface area contributed by atoms with Crippen molar-refractivity contribution in [3.8, 4) is 5.75 Å². The molecule has 2 N–H and O–H groups in total. The van der Waals surface area contributed by atoms with E-state index < -0.39 is 0 Å². The molecule has 0 fully saturated rings. The Morgan fingerprint density at radius 3 is 2.89 bits per heavy atom. The van der Waals surface area contributed by atoms with Crippen LogP contribution in [-0.4, -0.2) is 25.6 Å². The lowest BCUT2D eigenvalue weighted by Gasteiger charge is -2.09. The average Bonchev–Trinajstić information content (AvgIpc) is 2.38.